The minimum absolute atomic E-state index is 0.376. The lowest BCUT2D eigenvalue weighted by molar-refractivity contribution is 0.419. The van der Waals surface area contributed by atoms with E-state index in [2.05, 4.69) is 48.6 Å². The van der Waals surface area contributed by atoms with E-state index in [-0.39, 0.29) is 0 Å². The Hall–Kier alpha value is -1.54. The highest BCUT2D eigenvalue weighted by atomic mass is 16.5. The maximum atomic E-state index is 5.42. The van der Waals surface area contributed by atoms with Crippen LogP contribution in [0.15, 0.2) is 36.4 Å². The largest absolute Gasteiger partial charge is 0.496 e. The lowest BCUT2D eigenvalue weighted by atomic mass is 10.0. The van der Waals surface area contributed by atoms with Gasteiger partial charge in [0.05, 0.1) is 7.11 Å². The van der Waals surface area contributed by atoms with Gasteiger partial charge in [-0.1, -0.05) is 30.3 Å². The van der Waals surface area contributed by atoms with Gasteiger partial charge in [-0.05, 0) is 36.8 Å². The van der Waals surface area contributed by atoms with Crippen LogP contribution >= 0.6 is 0 Å². The lowest BCUT2D eigenvalue weighted by Gasteiger charge is -2.14. The van der Waals surface area contributed by atoms with Crippen molar-refractivity contribution in [3.05, 3.63) is 42.0 Å². The van der Waals surface area contributed by atoms with Gasteiger partial charge in [0.1, 0.15) is 5.75 Å². The molecule has 0 unspecified atom stereocenters. The van der Waals surface area contributed by atoms with Gasteiger partial charge in [-0.2, -0.15) is 0 Å². The Kier molecular flexibility index (Phi) is 2.75. The number of methoxy groups -OCH3 is 1. The summed E-state index contributed by atoms with van der Waals surface area (Å²) < 4.78 is 5.42. The predicted octanol–water partition coefficient (Wildman–Crippen LogP) is 3.49. The molecule has 94 valence electrons. The third-order valence-corrected chi connectivity index (χ3v) is 3.90. The van der Waals surface area contributed by atoms with Crippen LogP contribution in [0.2, 0.25) is 0 Å². The maximum Gasteiger partial charge on any atom is 0.126 e. The Labute approximate surface area is 108 Å². The molecule has 0 amide bonds. The zero-order chi connectivity index (χ0) is 12.6. The first kappa shape index (κ1) is 11.5. The SMILES string of the molecule is COc1ccc(CNC2(C)CC2)c2ccccc12. The highest BCUT2D eigenvalue weighted by Gasteiger charge is 2.36. The fourth-order valence-corrected chi connectivity index (χ4v) is 2.34. The van der Waals surface area contributed by atoms with E-state index in [1.165, 1.54) is 29.2 Å². The molecule has 3 rings (SSSR count). The standard InChI is InChI=1S/C16H19NO/c1-16(9-10-16)17-11-12-7-8-15(18-2)14-6-4-3-5-13(12)14/h3-8,17H,9-11H2,1-2H3. The minimum Gasteiger partial charge on any atom is -0.496 e. The van der Waals surface area contributed by atoms with E-state index in [0.717, 1.165) is 12.3 Å². The molecule has 0 bridgehead atoms. The second-order valence-electron chi connectivity index (χ2n) is 5.39. The van der Waals surface area contributed by atoms with E-state index < -0.39 is 0 Å². The molecule has 0 heterocycles. The quantitative estimate of drug-likeness (QED) is 0.884. The number of hydrogen-bond acceptors (Lipinski definition) is 2. The zero-order valence-electron chi connectivity index (χ0n) is 11.0. The van der Waals surface area contributed by atoms with Crippen LogP contribution in [0, 0.1) is 0 Å². The van der Waals surface area contributed by atoms with Crippen LogP contribution in [0.1, 0.15) is 25.3 Å². The van der Waals surface area contributed by atoms with Crippen LogP contribution in [-0.2, 0) is 6.54 Å². The van der Waals surface area contributed by atoms with Gasteiger partial charge in [0, 0.05) is 17.5 Å². The lowest BCUT2D eigenvalue weighted by Crippen LogP contribution is -2.27. The Balaban J connectivity index is 1.96. The second-order valence-corrected chi connectivity index (χ2v) is 5.39. The molecule has 0 aromatic heterocycles. The molecule has 2 aromatic rings. The normalized spacial score (nSPS) is 16.8. The van der Waals surface area contributed by atoms with Gasteiger partial charge < -0.3 is 10.1 Å². The molecule has 0 radical (unpaired) electrons. The summed E-state index contributed by atoms with van der Waals surface area (Å²) in [4.78, 5) is 0. The average Bonchev–Trinajstić information content (AvgIpc) is 3.14. The van der Waals surface area contributed by atoms with Crippen molar-refractivity contribution in [3.8, 4) is 5.75 Å². The third-order valence-electron chi connectivity index (χ3n) is 3.90. The summed E-state index contributed by atoms with van der Waals surface area (Å²) in [6.45, 7) is 3.22. The summed E-state index contributed by atoms with van der Waals surface area (Å²) in [5.41, 5.74) is 1.72. The molecule has 0 saturated heterocycles. The Morgan fingerprint density at radius 1 is 1.11 bits per heavy atom. The van der Waals surface area contributed by atoms with Crippen molar-refractivity contribution in [2.75, 3.05) is 7.11 Å². The summed E-state index contributed by atoms with van der Waals surface area (Å²) in [7, 11) is 1.73. The van der Waals surface area contributed by atoms with Crippen molar-refractivity contribution in [2.24, 2.45) is 0 Å². The van der Waals surface area contributed by atoms with E-state index in [9.17, 15) is 0 Å². The second kappa shape index (κ2) is 4.29. The number of fused-ring (bicyclic) bond motifs is 1. The summed E-state index contributed by atoms with van der Waals surface area (Å²) in [5.74, 6) is 0.951. The zero-order valence-corrected chi connectivity index (χ0v) is 11.0. The van der Waals surface area contributed by atoms with E-state index in [1.54, 1.807) is 7.11 Å². The molecule has 0 atom stereocenters. The number of benzene rings is 2. The van der Waals surface area contributed by atoms with Gasteiger partial charge in [-0.3, -0.25) is 0 Å². The Morgan fingerprint density at radius 2 is 1.83 bits per heavy atom. The van der Waals surface area contributed by atoms with Gasteiger partial charge in [0.2, 0.25) is 0 Å². The summed E-state index contributed by atoms with van der Waals surface area (Å²) in [6, 6.07) is 12.7. The van der Waals surface area contributed by atoms with Crippen LogP contribution in [-0.4, -0.2) is 12.6 Å². The van der Waals surface area contributed by atoms with Crippen LogP contribution < -0.4 is 10.1 Å². The van der Waals surface area contributed by atoms with Crippen molar-refractivity contribution < 1.29 is 4.74 Å². The molecule has 2 nitrogen and oxygen atoms in total. The third kappa shape index (κ3) is 2.08. The van der Waals surface area contributed by atoms with Crippen molar-refractivity contribution in [2.45, 2.75) is 31.8 Å². The van der Waals surface area contributed by atoms with Crippen molar-refractivity contribution in [1.29, 1.82) is 0 Å². The average molecular weight is 241 g/mol. The summed E-state index contributed by atoms with van der Waals surface area (Å²) in [5, 5.41) is 6.12. The Bertz CT molecular complexity index is 572. The monoisotopic (exact) mass is 241 g/mol. The first-order valence-electron chi connectivity index (χ1n) is 6.51. The van der Waals surface area contributed by atoms with Gasteiger partial charge in [-0.25, -0.2) is 0 Å². The van der Waals surface area contributed by atoms with Crippen LogP contribution in [0.5, 0.6) is 5.75 Å². The molecular weight excluding hydrogens is 222 g/mol. The predicted molar refractivity (Wildman–Crippen MR) is 75.0 cm³/mol. The van der Waals surface area contributed by atoms with Crippen LogP contribution in [0.25, 0.3) is 10.8 Å². The fraction of sp³-hybridized carbons (Fsp3) is 0.375. The fourth-order valence-electron chi connectivity index (χ4n) is 2.34. The first-order valence-corrected chi connectivity index (χ1v) is 6.51. The minimum atomic E-state index is 0.376. The molecule has 1 saturated carbocycles. The molecule has 1 aliphatic carbocycles. The summed E-state index contributed by atoms with van der Waals surface area (Å²) in [6.07, 6.45) is 2.59. The highest BCUT2D eigenvalue weighted by Crippen LogP contribution is 2.35. The van der Waals surface area contributed by atoms with Gasteiger partial charge >= 0.3 is 0 Å². The molecule has 0 spiro atoms. The number of nitrogens with one attached hydrogen (secondary N) is 1. The molecule has 2 aromatic carbocycles. The van der Waals surface area contributed by atoms with E-state index in [1.807, 2.05) is 0 Å². The Morgan fingerprint density at radius 3 is 2.50 bits per heavy atom. The number of ether oxygens (including phenoxy) is 1. The molecule has 2 heteroatoms. The molecular formula is C16H19NO. The molecule has 1 fully saturated rings. The van der Waals surface area contributed by atoms with E-state index in [4.69, 9.17) is 4.74 Å². The summed E-state index contributed by atoms with van der Waals surface area (Å²) >= 11 is 0. The van der Waals surface area contributed by atoms with Gasteiger partial charge in [0.25, 0.3) is 0 Å². The molecule has 0 aliphatic heterocycles. The first-order chi connectivity index (χ1) is 8.72. The highest BCUT2D eigenvalue weighted by molar-refractivity contribution is 5.91. The topological polar surface area (TPSA) is 21.3 Å². The van der Waals surface area contributed by atoms with Crippen LogP contribution in [0.3, 0.4) is 0 Å². The maximum absolute atomic E-state index is 5.42. The molecule has 18 heavy (non-hydrogen) atoms. The van der Waals surface area contributed by atoms with Crippen LogP contribution in [0.4, 0.5) is 0 Å². The van der Waals surface area contributed by atoms with Crippen molar-refractivity contribution in [1.82, 2.24) is 5.32 Å². The van der Waals surface area contributed by atoms with E-state index >= 15 is 0 Å². The number of hydrogen-bond donors (Lipinski definition) is 1. The van der Waals surface area contributed by atoms with E-state index in [0.29, 0.717) is 5.54 Å². The van der Waals surface area contributed by atoms with Gasteiger partial charge in [-0.15, -0.1) is 0 Å². The smallest absolute Gasteiger partial charge is 0.126 e. The molecule has 1 N–H and O–H groups in total. The van der Waals surface area contributed by atoms with Crippen molar-refractivity contribution in [3.63, 3.8) is 0 Å². The molecule has 1 aliphatic rings. The van der Waals surface area contributed by atoms with Crippen molar-refractivity contribution >= 4 is 10.8 Å². The van der Waals surface area contributed by atoms with Gasteiger partial charge in [0.15, 0.2) is 0 Å². The number of rotatable bonds is 4.